The number of nitrogens with zero attached hydrogens (tertiary/aromatic N) is 1. The van der Waals surface area contributed by atoms with E-state index in [0.29, 0.717) is 6.07 Å². The van der Waals surface area contributed by atoms with Crippen LogP contribution in [0.2, 0.25) is 5.15 Å². The number of ether oxygens (including phenoxy) is 1. The van der Waals surface area contributed by atoms with E-state index in [9.17, 15) is 17.6 Å². The molecule has 0 saturated heterocycles. The lowest BCUT2D eigenvalue weighted by Crippen LogP contribution is -2.18. The second-order valence-corrected chi connectivity index (χ2v) is 3.48. The predicted octanol–water partition coefficient (Wildman–Crippen LogP) is 3.38. The molecule has 0 saturated carbocycles. The molecule has 1 heterocycles. The van der Waals surface area contributed by atoms with Crippen molar-refractivity contribution in [3.05, 3.63) is 20.7 Å². The number of pyridine rings is 1. The Morgan fingerprint density at radius 2 is 2.00 bits per heavy atom. The van der Waals surface area contributed by atoms with Crippen molar-refractivity contribution < 1.29 is 22.3 Å². The van der Waals surface area contributed by atoms with Gasteiger partial charge < -0.3 is 4.74 Å². The molecular formula is C6HClF4INO. The molecule has 14 heavy (non-hydrogen) atoms. The Balaban J connectivity index is 3.04. The van der Waals surface area contributed by atoms with Crippen molar-refractivity contribution in [3.63, 3.8) is 0 Å². The molecule has 0 unspecified atom stereocenters. The van der Waals surface area contributed by atoms with Gasteiger partial charge in [0.25, 0.3) is 0 Å². The maximum Gasteiger partial charge on any atom is 0.573 e. The highest BCUT2D eigenvalue weighted by molar-refractivity contribution is 14.1. The summed E-state index contributed by atoms with van der Waals surface area (Å²) in [5.41, 5.74) is 0. The zero-order chi connectivity index (χ0) is 10.9. The number of rotatable bonds is 1. The van der Waals surface area contributed by atoms with Crippen LogP contribution in [0.25, 0.3) is 0 Å². The van der Waals surface area contributed by atoms with Gasteiger partial charge in [0.05, 0.1) is 0 Å². The summed E-state index contributed by atoms with van der Waals surface area (Å²) in [6.07, 6.45) is -4.91. The van der Waals surface area contributed by atoms with E-state index in [0.717, 1.165) is 0 Å². The third-order valence-corrected chi connectivity index (χ3v) is 2.11. The lowest BCUT2D eigenvalue weighted by atomic mass is 10.4. The summed E-state index contributed by atoms with van der Waals surface area (Å²) in [5.74, 6) is -1.77. The summed E-state index contributed by atoms with van der Waals surface area (Å²) in [6.45, 7) is 0. The molecule has 0 aliphatic carbocycles. The van der Waals surface area contributed by atoms with Crippen molar-refractivity contribution >= 4 is 34.2 Å². The van der Waals surface area contributed by atoms with Crippen LogP contribution >= 0.6 is 34.2 Å². The number of alkyl halides is 3. The average Bonchev–Trinajstić information content (AvgIpc) is 1.97. The molecule has 1 aromatic rings. The molecule has 0 fully saturated rings. The number of halogens is 6. The molecular weight excluding hydrogens is 340 g/mol. The molecule has 0 N–H and O–H groups in total. The number of aromatic nitrogens is 1. The van der Waals surface area contributed by atoms with E-state index in [2.05, 4.69) is 9.72 Å². The number of hydrogen-bond acceptors (Lipinski definition) is 2. The van der Waals surface area contributed by atoms with Crippen LogP contribution in [-0.4, -0.2) is 11.3 Å². The first-order chi connectivity index (χ1) is 6.29. The second-order valence-electron chi connectivity index (χ2n) is 2.10. The van der Waals surface area contributed by atoms with Crippen LogP contribution in [0.1, 0.15) is 0 Å². The van der Waals surface area contributed by atoms with Gasteiger partial charge in [-0.2, -0.15) is 0 Å². The van der Waals surface area contributed by atoms with E-state index < -0.39 is 23.1 Å². The summed E-state index contributed by atoms with van der Waals surface area (Å²) in [6, 6.07) is 0.532. The molecule has 0 spiro atoms. The van der Waals surface area contributed by atoms with Gasteiger partial charge in [0.2, 0.25) is 0 Å². The van der Waals surface area contributed by atoms with Crippen LogP contribution < -0.4 is 4.74 Å². The zero-order valence-electron chi connectivity index (χ0n) is 6.20. The topological polar surface area (TPSA) is 22.1 Å². The first-order valence-corrected chi connectivity index (χ1v) is 4.52. The van der Waals surface area contributed by atoms with E-state index in [1.165, 1.54) is 22.6 Å². The standard InChI is InChI=1S/C6HClF4INO/c7-4-3(14-6(9,10)11)1-2(8)5(12)13-4/h1H. The van der Waals surface area contributed by atoms with Crippen molar-refractivity contribution in [2.45, 2.75) is 6.36 Å². The van der Waals surface area contributed by atoms with Crippen LogP contribution in [0, 0.1) is 9.52 Å². The fraction of sp³-hybridized carbons (Fsp3) is 0.167. The largest absolute Gasteiger partial charge is 0.573 e. The Bertz CT molecular complexity index is 356. The molecule has 0 amide bonds. The third kappa shape index (κ3) is 3.12. The smallest absolute Gasteiger partial charge is 0.402 e. The quantitative estimate of drug-likeness (QED) is 0.444. The van der Waals surface area contributed by atoms with Crippen molar-refractivity contribution in [1.29, 1.82) is 0 Å². The average molecular weight is 341 g/mol. The highest BCUT2D eigenvalue weighted by Crippen LogP contribution is 2.30. The fourth-order valence-electron chi connectivity index (χ4n) is 0.625. The molecule has 0 atom stereocenters. The Hall–Kier alpha value is -0.310. The normalized spacial score (nSPS) is 11.6. The maximum absolute atomic E-state index is 12.8. The summed E-state index contributed by atoms with van der Waals surface area (Å²) in [7, 11) is 0. The highest BCUT2D eigenvalue weighted by Gasteiger charge is 2.32. The van der Waals surface area contributed by atoms with Crippen LogP contribution in [-0.2, 0) is 0 Å². The highest BCUT2D eigenvalue weighted by atomic mass is 127. The van der Waals surface area contributed by atoms with Gasteiger partial charge in [0.15, 0.2) is 16.7 Å². The van der Waals surface area contributed by atoms with Gasteiger partial charge in [0, 0.05) is 6.07 Å². The van der Waals surface area contributed by atoms with Gasteiger partial charge in [-0.1, -0.05) is 11.6 Å². The van der Waals surface area contributed by atoms with Crippen LogP contribution in [0.5, 0.6) is 5.75 Å². The Kier molecular flexibility index (Phi) is 3.40. The molecule has 2 nitrogen and oxygen atoms in total. The molecule has 1 rings (SSSR count). The maximum atomic E-state index is 12.8. The Morgan fingerprint density at radius 3 is 2.50 bits per heavy atom. The molecule has 78 valence electrons. The molecule has 0 aromatic carbocycles. The predicted molar refractivity (Wildman–Crippen MR) is 48.6 cm³/mol. The van der Waals surface area contributed by atoms with E-state index in [4.69, 9.17) is 11.6 Å². The van der Waals surface area contributed by atoms with E-state index >= 15 is 0 Å². The van der Waals surface area contributed by atoms with Gasteiger partial charge in [-0.25, -0.2) is 9.37 Å². The summed E-state index contributed by atoms with van der Waals surface area (Å²) < 4.78 is 51.2. The Morgan fingerprint density at radius 1 is 1.43 bits per heavy atom. The molecule has 0 radical (unpaired) electrons. The lowest BCUT2D eigenvalue weighted by molar-refractivity contribution is -0.274. The summed E-state index contributed by atoms with van der Waals surface area (Å²) in [4.78, 5) is 3.31. The second kappa shape index (κ2) is 4.05. The van der Waals surface area contributed by atoms with Crippen molar-refractivity contribution in [1.82, 2.24) is 4.98 Å². The Labute approximate surface area is 94.4 Å². The van der Waals surface area contributed by atoms with Crippen LogP contribution in [0.3, 0.4) is 0 Å². The van der Waals surface area contributed by atoms with Crippen molar-refractivity contribution in [2.24, 2.45) is 0 Å². The molecule has 0 aliphatic heterocycles. The van der Waals surface area contributed by atoms with Gasteiger partial charge in [-0.05, 0) is 22.6 Å². The van der Waals surface area contributed by atoms with E-state index in [-0.39, 0.29) is 3.70 Å². The lowest BCUT2D eigenvalue weighted by Gasteiger charge is -2.09. The minimum absolute atomic E-state index is 0.123. The van der Waals surface area contributed by atoms with Crippen LogP contribution in [0.4, 0.5) is 17.6 Å². The van der Waals surface area contributed by atoms with E-state index in [1.807, 2.05) is 0 Å². The third-order valence-electron chi connectivity index (χ3n) is 1.08. The van der Waals surface area contributed by atoms with Crippen LogP contribution in [0.15, 0.2) is 6.07 Å². The van der Waals surface area contributed by atoms with Gasteiger partial charge in [-0.15, -0.1) is 13.2 Å². The van der Waals surface area contributed by atoms with Crippen molar-refractivity contribution in [2.75, 3.05) is 0 Å². The molecule has 0 aliphatic rings. The summed E-state index contributed by atoms with van der Waals surface area (Å²) in [5, 5.41) is -0.534. The SMILES string of the molecule is Fc1cc(OC(F)(F)F)c(Cl)nc1I. The summed E-state index contributed by atoms with van der Waals surface area (Å²) >= 11 is 6.80. The number of hydrogen-bond donors (Lipinski definition) is 0. The minimum atomic E-state index is -4.91. The molecule has 1 aromatic heterocycles. The first-order valence-electron chi connectivity index (χ1n) is 3.07. The monoisotopic (exact) mass is 341 g/mol. The van der Waals surface area contributed by atoms with Gasteiger partial charge in [-0.3, -0.25) is 0 Å². The van der Waals surface area contributed by atoms with Gasteiger partial charge in [0.1, 0.15) is 3.70 Å². The van der Waals surface area contributed by atoms with E-state index in [1.54, 1.807) is 0 Å². The fourth-order valence-corrected chi connectivity index (χ4v) is 1.34. The zero-order valence-corrected chi connectivity index (χ0v) is 9.11. The van der Waals surface area contributed by atoms with Gasteiger partial charge >= 0.3 is 6.36 Å². The van der Waals surface area contributed by atoms with Crippen molar-refractivity contribution in [3.8, 4) is 5.75 Å². The molecule has 8 heteroatoms. The first kappa shape index (κ1) is 11.8. The molecule has 0 bridgehead atoms. The minimum Gasteiger partial charge on any atom is -0.402 e.